The third kappa shape index (κ3) is 2.67. The van der Waals surface area contributed by atoms with E-state index < -0.39 is 12.1 Å². The molecule has 1 saturated heterocycles. The number of aromatic amines is 1. The highest BCUT2D eigenvalue weighted by atomic mass is 16.5. The van der Waals surface area contributed by atoms with Crippen LogP contribution in [-0.2, 0) is 29.0 Å². The first kappa shape index (κ1) is 18.4. The number of phenolic OH excluding ortho intramolecular Hbond substituents is 2. The van der Waals surface area contributed by atoms with E-state index in [9.17, 15) is 19.8 Å². The molecular formula is C22H21N3O5. The molecule has 8 nitrogen and oxygen atoms in total. The molecule has 2 aromatic carbocycles. The number of phenols is 2. The summed E-state index contributed by atoms with van der Waals surface area (Å²) in [6.07, 6.45) is 2.45. The molecule has 154 valence electrons. The molecule has 1 aromatic heterocycles. The highest BCUT2D eigenvalue weighted by Gasteiger charge is 2.44. The number of methoxy groups -OCH3 is 1. The second kappa shape index (κ2) is 6.69. The molecule has 2 atom stereocenters. The molecule has 0 aliphatic carbocycles. The molecule has 0 saturated carbocycles. The van der Waals surface area contributed by atoms with Crippen LogP contribution >= 0.6 is 0 Å². The Balaban J connectivity index is 1.46. The maximum atomic E-state index is 13.2. The lowest BCUT2D eigenvalue weighted by Crippen LogP contribution is -2.65. The van der Waals surface area contributed by atoms with Gasteiger partial charge in [0.2, 0.25) is 17.6 Å². The third-order valence-corrected chi connectivity index (χ3v) is 6.05. The van der Waals surface area contributed by atoms with Crippen molar-refractivity contribution in [3.8, 4) is 17.2 Å². The molecule has 0 unspecified atom stereocenters. The number of hydrogen-bond acceptors (Lipinski definition) is 5. The summed E-state index contributed by atoms with van der Waals surface area (Å²) >= 11 is 0. The Morgan fingerprint density at radius 3 is 2.83 bits per heavy atom. The van der Waals surface area contributed by atoms with E-state index in [4.69, 9.17) is 4.74 Å². The SMILES string of the molecule is COc1c(O)cc2c(c1O)CN1C(=O)[C@@H](Cc3c[nH]c4ccccc34)NC(=O)[C@H]1C2. The van der Waals surface area contributed by atoms with Crippen LogP contribution in [0.3, 0.4) is 0 Å². The van der Waals surface area contributed by atoms with Crippen LogP contribution < -0.4 is 10.1 Å². The quantitative estimate of drug-likeness (QED) is 0.526. The Bertz CT molecular complexity index is 1180. The number of nitrogens with zero attached hydrogens (tertiary/aromatic N) is 1. The molecule has 0 radical (unpaired) electrons. The number of para-hydroxylation sites is 1. The van der Waals surface area contributed by atoms with E-state index >= 15 is 0 Å². The van der Waals surface area contributed by atoms with Gasteiger partial charge in [-0.1, -0.05) is 18.2 Å². The van der Waals surface area contributed by atoms with Crippen LogP contribution in [0.1, 0.15) is 16.7 Å². The van der Waals surface area contributed by atoms with E-state index in [0.717, 1.165) is 16.5 Å². The van der Waals surface area contributed by atoms with Crippen LogP contribution in [0.15, 0.2) is 36.5 Å². The van der Waals surface area contributed by atoms with E-state index in [1.807, 2.05) is 30.5 Å². The van der Waals surface area contributed by atoms with Gasteiger partial charge in [0.15, 0.2) is 11.5 Å². The molecule has 2 aliphatic rings. The van der Waals surface area contributed by atoms with Crippen LogP contribution in [0.2, 0.25) is 0 Å². The van der Waals surface area contributed by atoms with Crippen LogP contribution in [0, 0.1) is 0 Å². The number of fused-ring (bicyclic) bond motifs is 3. The van der Waals surface area contributed by atoms with Gasteiger partial charge in [-0.25, -0.2) is 0 Å². The topological polar surface area (TPSA) is 115 Å². The molecule has 3 aromatic rings. The number of H-pyrrole nitrogens is 1. The minimum absolute atomic E-state index is 0.0311. The highest BCUT2D eigenvalue weighted by Crippen LogP contribution is 2.43. The van der Waals surface area contributed by atoms with Crippen LogP contribution in [0.5, 0.6) is 17.2 Å². The molecule has 0 bridgehead atoms. The molecule has 5 rings (SSSR count). The normalized spacial score (nSPS) is 20.6. The van der Waals surface area contributed by atoms with Gasteiger partial charge in [-0.05, 0) is 23.3 Å². The standard InChI is InChI=1S/C22H21N3O5/c1-30-20-18(26)8-11-7-17-21(28)24-16(22(29)25(17)10-14(11)19(20)27)6-12-9-23-15-5-3-2-4-13(12)15/h2-5,8-9,16-17,23,26-27H,6-7,10H2,1H3,(H,24,28)/t16-,17-/m1/s1. The minimum Gasteiger partial charge on any atom is -0.504 e. The fourth-order valence-electron chi connectivity index (χ4n) is 4.54. The predicted octanol–water partition coefficient (Wildman–Crippen LogP) is 1.58. The summed E-state index contributed by atoms with van der Waals surface area (Å²) in [5.41, 5.74) is 3.05. The molecule has 30 heavy (non-hydrogen) atoms. The van der Waals surface area contributed by atoms with Crippen LogP contribution in [0.25, 0.3) is 10.9 Å². The van der Waals surface area contributed by atoms with Gasteiger partial charge < -0.3 is 30.2 Å². The van der Waals surface area contributed by atoms with E-state index in [1.165, 1.54) is 18.1 Å². The zero-order valence-corrected chi connectivity index (χ0v) is 16.3. The van der Waals surface area contributed by atoms with Gasteiger partial charge in [0.05, 0.1) is 13.7 Å². The first-order valence-corrected chi connectivity index (χ1v) is 9.74. The van der Waals surface area contributed by atoms with Crippen molar-refractivity contribution in [3.05, 3.63) is 53.2 Å². The fraction of sp³-hybridized carbons (Fsp3) is 0.273. The number of nitrogens with one attached hydrogen (secondary N) is 2. The second-order valence-electron chi connectivity index (χ2n) is 7.73. The Morgan fingerprint density at radius 2 is 2.03 bits per heavy atom. The van der Waals surface area contributed by atoms with Gasteiger partial charge in [0.1, 0.15) is 12.1 Å². The van der Waals surface area contributed by atoms with Gasteiger partial charge in [0.25, 0.3) is 0 Å². The molecule has 2 amide bonds. The number of hydrogen-bond donors (Lipinski definition) is 4. The number of benzene rings is 2. The number of aromatic hydroxyl groups is 2. The summed E-state index contributed by atoms with van der Waals surface area (Å²) in [5, 5.41) is 24.5. The number of carbonyl (C=O) groups excluding carboxylic acids is 2. The summed E-state index contributed by atoms with van der Waals surface area (Å²) in [7, 11) is 1.35. The van der Waals surface area contributed by atoms with Gasteiger partial charge in [-0.3, -0.25) is 9.59 Å². The van der Waals surface area contributed by atoms with Crippen molar-refractivity contribution >= 4 is 22.7 Å². The number of piperazine rings is 1. The monoisotopic (exact) mass is 407 g/mol. The number of rotatable bonds is 3. The minimum atomic E-state index is -0.685. The van der Waals surface area contributed by atoms with Crippen LogP contribution in [-0.4, -0.2) is 51.1 Å². The summed E-state index contributed by atoms with van der Waals surface area (Å²) in [5.74, 6) is -0.849. The lowest BCUT2D eigenvalue weighted by Gasteiger charge is -2.42. The zero-order chi connectivity index (χ0) is 21.0. The maximum absolute atomic E-state index is 13.2. The Morgan fingerprint density at radius 1 is 1.23 bits per heavy atom. The highest BCUT2D eigenvalue weighted by molar-refractivity contribution is 5.98. The van der Waals surface area contributed by atoms with Crippen molar-refractivity contribution in [2.24, 2.45) is 0 Å². The zero-order valence-electron chi connectivity index (χ0n) is 16.3. The third-order valence-electron chi connectivity index (χ3n) is 6.05. The average Bonchev–Trinajstić information content (AvgIpc) is 3.14. The molecule has 8 heteroatoms. The van der Waals surface area contributed by atoms with Crippen molar-refractivity contribution in [2.75, 3.05) is 7.11 Å². The van der Waals surface area contributed by atoms with E-state index in [-0.39, 0.29) is 42.0 Å². The van der Waals surface area contributed by atoms with Crippen molar-refractivity contribution in [1.82, 2.24) is 15.2 Å². The van der Waals surface area contributed by atoms with E-state index in [1.54, 1.807) is 0 Å². The van der Waals surface area contributed by atoms with Gasteiger partial charge >= 0.3 is 0 Å². The van der Waals surface area contributed by atoms with Gasteiger partial charge in [0, 0.05) is 35.5 Å². The number of ether oxygens (including phenoxy) is 1. The molecule has 0 spiro atoms. The number of amides is 2. The summed E-state index contributed by atoms with van der Waals surface area (Å²) in [6.45, 7) is 0.0825. The predicted molar refractivity (Wildman–Crippen MR) is 108 cm³/mol. The maximum Gasteiger partial charge on any atom is 0.246 e. The Labute approximate surface area is 172 Å². The fourth-order valence-corrected chi connectivity index (χ4v) is 4.54. The van der Waals surface area contributed by atoms with Crippen molar-refractivity contribution in [2.45, 2.75) is 31.5 Å². The largest absolute Gasteiger partial charge is 0.504 e. The van der Waals surface area contributed by atoms with E-state index in [2.05, 4.69) is 10.3 Å². The summed E-state index contributed by atoms with van der Waals surface area (Å²) < 4.78 is 5.07. The number of carbonyl (C=O) groups is 2. The average molecular weight is 407 g/mol. The van der Waals surface area contributed by atoms with Gasteiger partial charge in [-0.15, -0.1) is 0 Å². The lowest BCUT2D eigenvalue weighted by molar-refractivity contribution is -0.150. The van der Waals surface area contributed by atoms with Crippen LogP contribution in [0.4, 0.5) is 0 Å². The summed E-state index contributed by atoms with van der Waals surface area (Å²) in [6, 6.07) is 7.94. The van der Waals surface area contributed by atoms with Crippen molar-refractivity contribution in [1.29, 1.82) is 0 Å². The molecule has 1 fully saturated rings. The second-order valence-corrected chi connectivity index (χ2v) is 7.73. The van der Waals surface area contributed by atoms with E-state index in [0.29, 0.717) is 17.5 Å². The smallest absolute Gasteiger partial charge is 0.246 e. The lowest BCUT2D eigenvalue weighted by atomic mass is 9.89. The Kier molecular flexibility index (Phi) is 4.09. The molecule has 2 aliphatic heterocycles. The summed E-state index contributed by atoms with van der Waals surface area (Å²) in [4.78, 5) is 30.8. The Hall–Kier alpha value is -3.68. The van der Waals surface area contributed by atoms with Gasteiger partial charge in [-0.2, -0.15) is 0 Å². The first-order valence-electron chi connectivity index (χ1n) is 9.74. The van der Waals surface area contributed by atoms with Crippen molar-refractivity contribution < 1.29 is 24.5 Å². The first-order chi connectivity index (χ1) is 14.5. The molecule has 4 N–H and O–H groups in total. The number of aromatic nitrogens is 1. The van der Waals surface area contributed by atoms with Crippen molar-refractivity contribution in [3.63, 3.8) is 0 Å². The molecule has 3 heterocycles. The molecular weight excluding hydrogens is 386 g/mol.